The van der Waals surface area contributed by atoms with Crippen molar-refractivity contribution in [1.29, 1.82) is 0 Å². The first-order valence-corrected chi connectivity index (χ1v) is 18.5. The highest BCUT2D eigenvalue weighted by molar-refractivity contribution is 6.88. The molecule has 0 radical (unpaired) electrons. The zero-order valence-corrected chi connectivity index (χ0v) is 26.6. The molecule has 0 atom stereocenters. The van der Waals surface area contributed by atoms with Gasteiger partial charge in [-0.3, -0.25) is 0 Å². The number of aromatic nitrogens is 2. The minimum Gasteiger partial charge on any atom is -0.455 e. The molecule has 44 heavy (non-hydrogen) atoms. The van der Waals surface area contributed by atoms with Gasteiger partial charge in [0.05, 0.1) is 36.6 Å². The number of hydrogen-bond acceptors (Lipinski definition) is 1. The van der Waals surface area contributed by atoms with Gasteiger partial charge in [-0.15, -0.1) is 0 Å². The number of benzene rings is 5. The molecule has 5 aromatic carbocycles. The molecule has 0 amide bonds. The van der Waals surface area contributed by atoms with E-state index >= 15 is 0 Å². The molecule has 0 aliphatic heterocycles. The standard InChI is InChI=1S/C39H32N3OSi/c1-24-11-18-31-38-29-19-13-26(40-2)21-25(29)12-20-36(38)43-39(31)37(24)35-22-34-32(23-41(35)3)30-9-7-8-10-33(30)42(34)27-14-16-28(17-15-27)44(4,5)6/h7-23H,1,3-6H3/q+1. The monoisotopic (exact) mass is 586 g/mol. The van der Waals surface area contributed by atoms with Crippen LogP contribution in [-0.2, 0) is 7.05 Å². The van der Waals surface area contributed by atoms with E-state index in [0.29, 0.717) is 5.69 Å². The van der Waals surface area contributed by atoms with Crippen LogP contribution in [0.15, 0.2) is 108 Å². The molecule has 0 fully saturated rings. The van der Waals surface area contributed by atoms with Crippen molar-refractivity contribution in [2.75, 3.05) is 0 Å². The van der Waals surface area contributed by atoms with E-state index in [1.54, 1.807) is 0 Å². The van der Waals surface area contributed by atoms with Crippen LogP contribution in [0.1, 0.15) is 5.56 Å². The quantitative estimate of drug-likeness (QED) is 0.115. The summed E-state index contributed by atoms with van der Waals surface area (Å²) >= 11 is 0. The molecule has 0 aliphatic carbocycles. The molecule has 0 N–H and O–H groups in total. The lowest BCUT2D eigenvalue weighted by atomic mass is 9.98. The molecular weight excluding hydrogens is 555 g/mol. The Balaban J connectivity index is 1.42. The summed E-state index contributed by atoms with van der Waals surface area (Å²) < 4.78 is 11.3. The van der Waals surface area contributed by atoms with Crippen molar-refractivity contribution in [3.05, 3.63) is 120 Å². The van der Waals surface area contributed by atoms with Crippen molar-refractivity contribution in [2.45, 2.75) is 26.6 Å². The van der Waals surface area contributed by atoms with Crippen LogP contribution in [0.2, 0.25) is 19.6 Å². The molecule has 0 bridgehead atoms. The molecular formula is C39H32N3OSi+. The van der Waals surface area contributed by atoms with Gasteiger partial charge in [-0.2, -0.15) is 0 Å². The molecule has 3 heterocycles. The predicted octanol–water partition coefficient (Wildman–Crippen LogP) is 9.73. The highest BCUT2D eigenvalue weighted by Gasteiger charge is 2.25. The topological polar surface area (TPSA) is 26.3 Å². The van der Waals surface area contributed by atoms with Crippen LogP contribution in [0.3, 0.4) is 0 Å². The van der Waals surface area contributed by atoms with Crippen LogP contribution in [0.4, 0.5) is 5.69 Å². The first-order chi connectivity index (χ1) is 21.2. The summed E-state index contributed by atoms with van der Waals surface area (Å²) in [5, 5.41) is 8.25. The zero-order valence-electron chi connectivity index (χ0n) is 25.6. The highest BCUT2D eigenvalue weighted by Crippen LogP contribution is 2.41. The second kappa shape index (κ2) is 9.41. The number of hydrogen-bond donors (Lipinski definition) is 0. The molecule has 0 unspecified atom stereocenters. The van der Waals surface area contributed by atoms with Gasteiger partial charge in [0, 0.05) is 27.9 Å². The summed E-state index contributed by atoms with van der Waals surface area (Å²) in [4.78, 5) is 3.63. The van der Waals surface area contributed by atoms with Crippen molar-refractivity contribution in [2.24, 2.45) is 7.05 Å². The number of rotatable bonds is 3. The summed E-state index contributed by atoms with van der Waals surface area (Å²) in [5.74, 6) is 0. The van der Waals surface area contributed by atoms with Crippen LogP contribution >= 0.6 is 0 Å². The van der Waals surface area contributed by atoms with Crippen LogP contribution < -0.4 is 9.75 Å². The van der Waals surface area contributed by atoms with E-state index in [-0.39, 0.29) is 0 Å². The third kappa shape index (κ3) is 3.85. The van der Waals surface area contributed by atoms with Gasteiger partial charge in [-0.1, -0.05) is 85.5 Å². The number of furan rings is 1. The number of nitrogens with zero attached hydrogens (tertiary/aromatic N) is 3. The smallest absolute Gasteiger partial charge is 0.218 e. The Morgan fingerprint density at radius 3 is 2.32 bits per heavy atom. The fourth-order valence-corrected chi connectivity index (χ4v) is 8.00. The van der Waals surface area contributed by atoms with E-state index in [2.05, 4.69) is 133 Å². The Hall–Kier alpha value is -5.18. The van der Waals surface area contributed by atoms with Crippen molar-refractivity contribution in [3.63, 3.8) is 0 Å². The summed E-state index contributed by atoms with van der Waals surface area (Å²) in [5.41, 5.74) is 9.28. The van der Waals surface area contributed by atoms with Crippen molar-refractivity contribution < 1.29 is 8.98 Å². The SMILES string of the molecule is [C-]#[N+]c1ccc2c(ccc3oc4c(-c5cc6c(c[n+]5C)c5ccccc5n6-c5ccc([Si](C)(C)C)cc5)c(C)ccc4c32)c1. The Bertz CT molecular complexity index is 2500. The zero-order chi connectivity index (χ0) is 30.3. The lowest BCUT2D eigenvalue weighted by molar-refractivity contribution is -0.659. The van der Waals surface area contributed by atoms with E-state index in [1.807, 2.05) is 18.2 Å². The predicted molar refractivity (Wildman–Crippen MR) is 186 cm³/mol. The maximum absolute atomic E-state index is 7.45. The Kier molecular flexibility index (Phi) is 5.65. The molecule has 4 nitrogen and oxygen atoms in total. The van der Waals surface area contributed by atoms with E-state index in [1.165, 1.54) is 32.7 Å². The Morgan fingerprint density at radius 1 is 0.773 bits per heavy atom. The minimum absolute atomic E-state index is 0.645. The van der Waals surface area contributed by atoms with Gasteiger partial charge in [0.2, 0.25) is 5.69 Å². The Labute approximate surface area is 257 Å². The second-order valence-electron chi connectivity index (χ2n) is 12.9. The maximum atomic E-state index is 7.45. The van der Waals surface area contributed by atoms with E-state index in [4.69, 9.17) is 11.0 Å². The number of fused-ring (bicyclic) bond motifs is 8. The van der Waals surface area contributed by atoms with E-state index in [9.17, 15) is 0 Å². The maximum Gasteiger partial charge on any atom is 0.218 e. The first kappa shape index (κ1) is 26.4. The lowest BCUT2D eigenvalue weighted by Gasteiger charge is -2.17. The number of para-hydroxylation sites is 1. The summed E-state index contributed by atoms with van der Waals surface area (Å²) in [6, 6.07) is 34.6. The van der Waals surface area contributed by atoms with Gasteiger partial charge < -0.3 is 8.98 Å². The number of aryl methyl sites for hydroxylation is 2. The lowest BCUT2D eigenvalue weighted by Crippen LogP contribution is -2.37. The molecule has 0 aliphatic rings. The fraction of sp³-hybridized carbons (Fsp3) is 0.128. The molecule has 8 rings (SSSR count). The van der Waals surface area contributed by atoms with Crippen molar-refractivity contribution in [1.82, 2.24) is 4.57 Å². The summed E-state index contributed by atoms with van der Waals surface area (Å²) in [7, 11) is 0.717. The largest absolute Gasteiger partial charge is 0.455 e. The third-order valence-corrected chi connectivity index (χ3v) is 11.2. The average molecular weight is 587 g/mol. The third-order valence-electron chi connectivity index (χ3n) is 9.12. The number of pyridine rings is 1. The fourth-order valence-electron chi connectivity index (χ4n) is 6.84. The van der Waals surface area contributed by atoms with Gasteiger partial charge in [0.15, 0.2) is 11.9 Å². The van der Waals surface area contributed by atoms with Gasteiger partial charge in [0.25, 0.3) is 0 Å². The van der Waals surface area contributed by atoms with Crippen LogP contribution in [0.25, 0.3) is 76.3 Å². The molecule has 8 aromatic rings. The Morgan fingerprint density at radius 2 is 1.55 bits per heavy atom. The van der Waals surface area contributed by atoms with Crippen LogP contribution in [-0.4, -0.2) is 12.6 Å². The summed E-state index contributed by atoms with van der Waals surface area (Å²) in [6.07, 6.45) is 2.27. The second-order valence-corrected chi connectivity index (χ2v) is 18.0. The van der Waals surface area contributed by atoms with Gasteiger partial charge in [0.1, 0.15) is 18.2 Å². The minimum atomic E-state index is -1.41. The van der Waals surface area contributed by atoms with Crippen LogP contribution in [0, 0.1) is 13.5 Å². The van der Waals surface area contributed by atoms with Crippen LogP contribution in [0.5, 0.6) is 0 Å². The van der Waals surface area contributed by atoms with Gasteiger partial charge >= 0.3 is 0 Å². The van der Waals surface area contributed by atoms with Gasteiger partial charge in [-0.25, -0.2) is 9.41 Å². The first-order valence-electron chi connectivity index (χ1n) is 15.0. The van der Waals surface area contributed by atoms with E-state index in [0.717, 1.165) is 49.5 Å². The molecule has 0 saturated carbocycles. The van der Waals surface area contributed by atoms with Crippen molar-refractivity contribution >= 4 is 73.5 Å². The molecule has 3 aromatic heterocycles. The van der Waals surface area contributed by atoms with Crippen molar-refractivity contribution in [3.8, 4) is 16.9 Å². The molecule has 5 heteroatoms. The summed E-state index contributed by atoms with van der Waals surface area (Å²) in [6.45, 7) is 16.8. The average Bonchev–Trinajstić information content (AvgIpc) is 3.55. The van der Waals surface area contributed by atoms with Gasteiger partial charge in [-0.05, 0) is 53.6 Å². The molecule has 0 spiro atoms. The van der Waals surface area contributed by atoms with E-state index < -0.39 is 8.07 Å². The normalized spacial score (nSPS) is 12.2. The molecule has 212 valence electrons. The highest BCUT2D eigenvalue weighted by atomic mass is 28.3. The molecule has 0 saturated heterocycles.